The van der Waals surface area contributed by atoms with Gasteiger partial charge in [0.25, 0.3) is 0 Å². The molecule has 24 heavy (non-hydrogen) atoms. The number of pyridine rings is 1. The zero-order chi connectivity index (χ0) is 17.1. The first kappa shape index (κ1) is 16.1. The average molecular weight is 383 g/mol. The quantitative estimate of drug-likeness (QED) is 0.688. The van der Waals surface area contributed by atoms with Gasteiger partial charge in [-0.05, 0) is 37.3 Å². The summed E-state index contributed by atoms with van der Waals surface area (Å²) in [5, 5.41) is 13.6. The van der Waals surface area contributed by atoms with Gasteiger partial charge in [0.05, 0.1) is 17.8 Å². The molecule has 3 aromatic rings. The fourth-order valence-electron chi connectivity index (χ4n) is 2.47. The van der Waals surface area contributed by atoms with Crippen molar-refractivity contribution in [3.05, 3.63) is 52.5 Å². The Labute approximate surface area is 148 Å². The lowest BCUT2D eigenvalue weighted by molar-refractivity contribution is 0.340. The highest BCUT2D eigenvalue weighted by molar-refractivity contribution is 9.10. The standard InChI is InChI=1S/C18H15BrN4O/c1-2-24-13-6-7-14-16(9-13)23-18(21)15(10-20)17(14)22-12-5-3-4-11(19)8-12/h3-9H,2H2,1H3,(H3,21,22,23). The topological polar surface area (TPSA) is 84.0 Å². The number of halogens is 1. The highest BCUT2D eigenvalue weighted by atomic mass is 79.9. The maximum Gasteiger partial charge on any atom is 0.144 e. The van der Waals surface area contributed by atoms with Crippen LogP contribution in [-0.2, 0) is 0 Å². The summed E-state index contributed by atoms with van der Waals surface area (Å²) in [5.74, 6) is 0.908. The molecular formula is C18H15BrN4O. The van der Waals surface area contributed by atoms with Crippen molar-refractivity contribution in [1.82, 2.24) is 4.98 Å². The molecule has 0 amide bonds. The predicted octanol–water partition coefficient (Wildman–Crippen LogP) is 4.59. The Kier molecular flexibility index (Phi) is 4.54. The maximum absolute atomic E-state index is 9.49. The number of aromatic nitrogens is 1. The van der Waals surface area contributed by atoms with E-state index >= 15 is 0 Å². The smallest absolute Gasteiger partial charge is 0.144 e. The van der Waals surface area contributed by atoms with E-state index in [1.807, 2.05) is 49.4 Å². The van der Waals surface area contributed by atoms with Crippen molar-refractivity contribution < 1.29 is 4.74 Å². The van der Waals surface area contributed by atoms with E-state index in [-0.39, 0.29) is 5.82 Å². The van der Waals surface area contributed by atoms with E-state index in [9.17, 15) is 5.26 Å². The molecule has 5 nitrogen and oxygen atoms in total. The number of nitrogens with two attached hydrogens (primary N) is 1. The van der Waals surface area contributed by atoms with Gasteiger partial charge in [0, 0.05) is 21.6 Å². The van der Waals surface area contributed by atoms with Crippen molar-refractivity contribution in [2.24, 2.45) is 0 Å². The van der Waals surface area contributed by atoms with Gasteiger partial charge in [-0.1, -0.05) is 22.0 Å². The van der Waals surface area contributed by atoms with Gasteiger partial charge in [-0.2, -0.15) is 5.26 Å². The highest BCUT2D eigenvalue weighted by Gasteiger charge is 2.14. The third-order valence-corrected chi connectivity index (χ3v) is 4.00. The second kappa shape index (κ2) is 6.77. The normalized spacial score (nSPS) is 10.4. The van der Waals surface area contributed by atoms with E-state index < -0.39 is 0 Å². The van der Waals surface area contributed by atoms with Crippen LogP contribution in [0.3, 0.4) is 0 Å². The van der Waals surface area contributed by atoms with Crippen LogP contribution in [0.4, 0.5) is 17.2 Å². The van der Waals surface area contributed by atoms with E-state index in [4.69, 9.17) is 10.5 Å². The molecule has 120 valence electrons. The Morgan fingerprint density at radius 1 is 1.29 bits per heavy atom. The number of hydrogen-bond donors (Lipinski definition) is 2. The maximum atomic E-state index is 9.49. The molecule has 0 saturated heterocycles. The molecule has 0 aliphatic rings. The predicted molar refractivity (Wildman–Crippen MR) is 99.5 cm³/mol. The van der Waals surface area contributed by atoms with Crippen molar-refractivity contribution in [3.8, 4) is 11.8 Å². The molecule has 1 aromatic heterocycles. The Hall–Kier alpha value is -2.78. The van der Waals surface area contributed by atoms with Crippen LogP contribution >= 0.6 is 15.9 Å². The summed E-state index contributed by atoms with van der Waals surface area (Å²) >= 11 is 3.44. The van der Waals surface area contributed by atoms with E-state index in [0.29, 0.717) is 23.4 Å². The van der Waals surface area contributed by atoms with E-state index in [1.54, 1.807) is 0 Å². The van der Waals surface area contributed by atoms with E-state index in [2.05, 4.69) is 32.3 Å². The first-order valence-corrected chi connectivity index (χ1v) is 8.20. The van der Waals surface area contributed by atoms with Gasteiger partial charge in [0.2, 0.25) is 0 Å². The molecule has 0 radical (unpaired) electrons. The molecule has 2 aromatic carbocycles. The van der Waals surface area contributed by atoms with Crippen LogP contribution in [0.15, 0.2) is 46.9 Å². The van der Waals surface area contributed by atoms with Crippen molar-refractivity contribution in [2.75, 3.05) is 17.7 Å². The molecule has 0 aliphatic carbocycles. The minimum Gasteiger partial charge on any atom is -0.494 e. The molecule has 1 heterocycles. The minimum atomic E-state index is 0.191. The fraction of sp³-hybridized carbons (Fsp3) is 0.111. The molecule has 6 heteroatoms. The zero-order valence-electron chi connectivity index (χ0n) is 13.0. The zero-order valence-corrected chi connectivity index (χ0v) is 14.6. The number of rotatable bonds is 4. The van der Waals surface area contributed by atoms with E-state index in [1.165, 1.54) is 0 Å². The van der Waals surface area contributed by atoms with Crippen LogP contribution < -0.4 is 15.8 Å². The third-order valence-electron chi connectivity index (χ3n) is 3.50. The summed E-state index contributed by atoms with van der Waals surface area (Å²) in [6.07, 6.45) is 0. The lowest BCUT2D eigenvalue weighted by atomic mass is 10.1. The van der Waals surface area contributed by atoms with Gasteiger partial charge in [-0.3, -0.25) is 0 Å². The largest absolute Gasteiger partial charge is 0.494 e. The number of nitrogen functional groups attached to an aromatic ring is 1. The second-order valence-corrected chi connectivity index (χ2v) is 6.02. The number of nitriles is 1. The van der Waals surface area contributed by atoms with Crippen LogP contribution in [0.5, 0.6) is 5.75 Å². The van der Waals surface area contributed by atoms with Crippen LogP contribution in [0.25, 0.3) is 10.9 Å². The van der Waals surface area contributed by atoms with Crippen molar-refractivity contribution in [3.63, 3.8) is 0 Å². The average Bonchev–Trinajstić information content (AvgIpc) is 2.55. The SMILES string of the molecule is CCOc1ccc2c(Nc3cccc(Br)c3)c(C#N)c(N)nc2c1. The molecule has 0 fully saturated rings. The van der Waals surface area contributed by atoms with E-state index in [0.717, 1.165) is 21.3 Å². The number of benzene rings is 2. The molecule has 3 N–H and O–H groups in total. The Morgan fingerprint density at radius 3 is 2.83 bits per heavy atom. The molecule has 0 spiro atoms. The van der Waals surface area contributed by atoms with Crippen LogP contribution in [0, 0.1) is 11.3 Å². The summed E-state index contributed by atoms with van der Waals surface area (Å²) in [7, 11) is 0. The fourth-order valence-corrected chi connectivity index (χ4v) is 2.87. The number of nitrogens with zero attached hydrogens (tertiary/aromatic N) is 2. The number of ether oxygens (including phenoxy) is 1. The van der Waals surface area contributed by atoms with Crippen molar-refractivity contribution >= 4 is 44.0 Å². The van der Waals surface area contributed by atoms with Gasteiger partial charge in [-0.25, -0.2) is 4.98 Å². The monoisotopic (exact) mass is 382 g/mol. The highest BCUT2D eigenvalue weighted by Crippen LogP contribution is 2.34. The number of fused-ring (bicyclic) bond motifs is 1. The Balaban J connectivity index is 2.18. The Bertz CT molecular complexity index is 950. The lowest BCUT2D eigenvalue weighted by Crippen LogP contribution is -2.02. The molecule has 0 bridgehead atoms. The molecule has 0 saturated carbocycles. The van der Waals surface area contributed by atoms with Gasteiger partial charge in [0.1, 0.15) is 23.2 Å². The van der Waals surface area contributed by atoms with Gasteiger partial charge >= 0.3 is 0 Å². The summed E-state index contributed by atoms with van der Waals surface area (Å²) in [5.41, 5.74) is 8.47. The van der Waals surface area contributed by atoms with Crippen molar-refractivity contribution in [2.45, 2.75) is 6.92 Å². The molecule has 0 unspecified atom stereocenters. The molecule has 0 atom stereocenters. The number of anilines is 3. The summed E-state index contributed by atoms with van der Waals surface area (Å²) in [6.45, 7) is 2.49. The molecular weight excluding hydrogens is 368 g/mol. The van der Waals surface area contributed by atoms with Crippen LogP contribution in [-0.4, -0.2) is 11.6 Å². The van der Waals surface area contributed by atoms with Crippen LogP contribution in [0.2, 0.25) is 0 Å². The third kappa shape index (κ3) is 3.12. The summed E-state index contributed by atoms with van der Waals surface area (Å²) in [6, 6.07) is 15.4. The molecule has 0 aliphatic heterocycles. The second-order valence-electron chi connectivity index (χ2n) is 5.11. The summed E-state index contributed by atoms with van der Waals surface area (Å²) < 4.78 is 6.45. The number of nitrogens with one attached hydrogen (secondary N) is 1. The van der Waals surface area contributed by atoms with Gasteiger partial charge in [0.15, 0.2) is 0 Å². The molecule has 3 rings (SSSR count). The first-order chi connectivity index (χ1) is 11.6. The number of hydrogen-bond acceptors (Lipinski definition) is 5. The van der Waals surface area contributed by atoms with Gasteiger partial charge in [-0.15, -0.1) is 0 Å². The summed E-state index contributed by atoms with van der Waals surface area (Å²) in [4.78, 5) is 4.34. The van der Waals surface area contributed by atoms with Crippen molar-refractivity contribution in [1.29, 1.82) is 5.26 Å². The van der Waals surface area contributed by atoms with Crippen LogP contribution in [0.1, 0.15) is 12.5 Å². The first-order valence-electron chi connectivity index (χ1n) is 7.41. The Morgan fingerprint density at radius 2 is 2.12 bits per heavy atom. The lowest BCUT2D eigenvalue weighted by Gasteiger charge is -2.14. The minimum absolute atomic E-state index is 0.191. The van der Waals surface area contributed by atoms with Gasteiger partial charge < -0.3 is 15.8 Å².